The molecule has 0 unspecified atom stereocenters. The predicted octanol–water partition coefficient (Wildman–Crippen LogP) is 5.42. The van der Waals surface area contributed by atoms with Crippen molar-refractivity contribution in [1.29, 1.82) is 5.53 Å². The summed E-state index contributed by atoms with van der Waals surface area (Å²) in [7, 11) is -3.70. The lowest BCUT2D eigenvalue weighted by Gasteiger charge is -2.21. The van der Waals surface area contributed by atoms with Crippen LogP contribution in [-0.2, 0) is 10.0 Å². The molecule has 0 aliphatic carbocycles. The second kappa shape index (κ2) is 8.22. The fourth-order valence-electron chi connectivity index (χ4n) is 3.08. The minimum Gasteiger partial charge on any atom is -0.280 e. The Balaban J connectivity index is 1.56. The molecule has 30 heavy (non-hydrogen) atoms. The number of nitrogens with zero attached hydrogens (tertiary/aromatic N) is 2. The van der Waals surface area contributed by atoms with Crippen molar-refractivity contribution >= 4 is 37.9 Å². The highest BCUT2D eigenvalue weighted by Crippen LogP contribution is 2.28. The summed E-state index contributed by atoms with van der Waals surface area (Å²) in [6, 6.07) is 28.5. The van der Waals surface area contributed by atoms with Gasteiger partial charge in [0.15, 0.2) is 0 Å². The molecule has 0 saturated heterocycles. The van der Waals surface area contributed by atoms with E-state index in [0.717, 1.165) is 10.8 Å². The molecule has 7 nitrogen and oxygen atoms in total. The van der Waals surface area contributed by atoms with Crippen LogP contribution in [0.3, 0.4) is 0 Å². The number of nitrogens with one attached hydrogen (secondary N) is 3. The first kappa shape index (κ1) is 19.4. The third kappa shape index (κ3) is 4.08. The van der Waals surface area contributed by atoms with Gasteiger partial charge >= 0.3 is 0 Å². The molecule has 0 radical (unpaired) electrons. The van der Waals surface area contributed by atoms with Gasteiger partial charge < -0.3 is 0 Å². The standard InChI is InChI=1S/C22H19N5O2S/c23-26-27(22-12-6-8-17-7-4-5-11-21(17)22)24-18-13-15-20(16-14-18)30(28,29)25-19-9-2-1-3-10-19/h1-16,23-25H. The van der Waals surface area contributed by atoms with E-state index in [0.29, 0.717) is 17.1 Å². The Morgan fingerprint density at radius 3 is 2.13 bits per heavy atom. The first-order valence-corrected chi connectivity index (χ1v) is 10.6. The molecule has 8 heteroatoms. The number of sulfonamides is 1. The smallest absolute Gasteiger partial charge is 0.261 e. The Labute approximate surface area is 174 Å². The molecule has 4 rings (SSSR count). The Kier molecular flexibility index (Phi) is 5.32. The van der Waals surface area contributed by atoms with Crippen LogP contribution < -0.4 is 15.3 Å². The number of hydrazine groups is 1. The van der Waals surface area contributed by atoms with Crippen LogP contribution in [0.5, 0.6) is 0 Å². The van der Waals surface area contributed by atoms with E-state index < -0.39 is 10.0 Å². The van der Waals surface area contributed by atoms with Gasteiger partial charge in [-0.1, -0.05) is 59.8 Å². The molecule has 0 aromatic heterocycles. The lowest BCUT2D eigenvalue weighted by Crippen LogP contribution is -2.23. The Morgan fingerprint density at radius 1 is 0.733 bits per heavy atom. The highest BCUT2D eigenvalue weighted by Gasteiger charge is 2.15. The number of benzene rings is 4. The average molecular weight is 417 g/mol. The van der Waals surface area contributed by atoms with Crippen molar-refractivity contribution in [2.24, 2.45) is 5.22 Å². The quantitative estimate of drug-likeness (QED) is 0.276. The molecule has 150 valence electrons. The lowest BCUT2D eigenvalue weighted by molar-refractivity contribution is 0.601. The van der Waals surface area contributed by atoms with E-state index in [2.05, 4.69) is 15.4 Å². The molecule has 4 aromatic carbocycles. The maximum absolute atomic E-state index is 12.6. The first-order valence-electron chi connectivity index (χ1n) is 9.17. The molecule has 0 aliphatic heterocycles. The summed E-state index contributed by atoms with van der Waals surface area (Å²) >= 11 is 0. The van der Waals surface area contributed by atoms with Gasteiger partial charge in [0.1, 0.15) is 0 Å². The van der Waals surface area contributed by atoms with Crippen LogP contribution >= 0.6 is 0 Å². The summed E-state index contributed by atoms with van der Waals surface area (Å²) < 4.78 is 27.7. The summed E-state index contributed by atoms with van der Waals surface area (Å²) in [5.41, 5.74) is 12.4. The predicted molar refractivity (Wildman–Crippen MR) is 119 cm³/mol. The second-order valence-electron chi connectivity index (χ2n) is 6.52. The minimum atomic E-state index is -3.70. The highest BCUT2D eigenvalue weighted by atomic mass is 32.2. The van der Waals surface area contributed by atoms with Gasteiger partial charge in [-0.2, -0.15) is 10.6 Å². The molecular weight excluding hydrogens is 398 g/mol. The van der Waals surface area contributed by atoms with Gasteiger partial charge in [0.05, 0.1) is 16.3 Å². The van der Waals surface area contributed by atoms with E-state index in [-0.39, 0.29) is 4.90 Å². The molecule has 0 amide bonds. The molecule has 4 aromatic rings. The largest absolute Gasteiger partial charge is 0.280 e. The number of fused-ring (bicyclic) bond motifs is 1. The van der Waals surface area contributed by atoms with Crippen LogP contribution in [0.4, 0.5) is 17.1 Å². The summed E-state index contributed by atoms with van der Waals surface area (Å²) in [6.07, 6.45) is 0. The monoisotopic (exact) mass is 417 g/mol. The van der Waals surface area contributed by atoms with Crippen molar-refractivity contribution in [1.82, 2.24) is 0 Å². The minimum absolute atomic E-state index is 0.136. The highest BCUT2D eigenvalue weighted by molar-refractivity contribution is 7.92. The number of anilines is 3. The van der Waals surface area contributed by atoms with Gasteiger partial charge in [-0.25, -0.2) is 8.42 Å². The van der Waals surface area contributed by atoms with Crippen LogP contribution in [0.15, 0.2) is 107 Å². The van der Waals surface area contributed by atoms with Crippen LogP contribution in [0.2, 0.25) is 0 Å². The normalized spacial score (nSPS) is 11.1. The first-order chi connectivity index (χ1) is 14.6. The second-order valence-corrected chi connectivity index (χ2v) is 8.20. The lowest BCUT2D eigenvalue weighted by atomic mass is 10.1. The van der Waals surface area contributed by atoms with Crippen LogP contribution in [-0.4, -0.2) is 8.42 Å². The third-order valence-corrected chi connectivity index (χ3v) is 5.92. The molecule has 0 aliphatic rings. The van der Waals surface area contributed by atoms with E-state index in [1.165, 1.54) is 17.3 Å². The zero-order chi connectivity index (χ0) is 21.0. The van der Waals surface area contributed by atoms with Crippen molar-refractivity contribution < 1.29 is 8.42 Å². The van der Waals surface area contributed by atoms with Gasteiger partial charge in [0.25, 0.3) is 10.0 Å². The van der Waals surface area contributed by atoms with Crippen molar-refractivity contribution in [2.75, 3.05) is 15.3 Å². The molecule has 0 bridgehead atoms. The van der Waals surface area contributed by atoms with Crippen molar-refractivity contribution in [3.8, 4) is 0 Å². The van der Waals surface area contributed by atoms with E-state index in [4.69, 9.17) is 5.53 Å². The maximum Gasteiger partial charge on any atom is 0.261 e. The van der Waals surface area contributed by atoms with Crippen LogP contribution in [0, 0.1) is 5.53 Å². The number of rotatable bonds is 7. The van der Waals surface area contributed by atoms with Crippen molar-refractivity contribution in [3.05, 3.63) is 97.1 Å². The zero-order valence-corrected chi connectivity index (χ0v) is 16.7. The molecule has 0 spiro atoms. The van der Waals surface area contributed by atoms with Crippen molar-refractivity contribution in [2.45, 2.75) is 4.90 Å². The average Bonchev–Trinajstić information content (AvgIpc) is 2.78. The van der Waals surface area contributed by atoms with Gasteiger partial charge in [-0.05, 0) is 47.9 Å². The van der Waals surface area contributed by atoms with Gasteiger partial charge in [-0.3, -0.25) is 10.1 Å². The number of hydrogen-bond donors (Lipinski definition) is 3. The van der Waals surface area contributed by atoms with Gasteiger partial charge in [0.2, 0.25) is 0 Å². The molecular formula is C22H19N5O2S. The molecule has 0 atom stereocenters. The Hall–Kier alpha value is -3.91. The topological polar surface area (TPSA) is 97.7 Å². The van der Waals surface area contributed by atoms with E-state index in [9.17, 15) is 8.42 Å². The van der Waals surface area contributed by atoms with E-state index >= 15 is 0 Å². The number of para-hydroxylation sites is 1. The molecule has 0 heterocycles. The van der Waals surface area contributed by atoms with Gasteiger partial charge in [-0.15, -0.1) is 0 Å². The van der Waals surface area contributed by atoms with Crippen molar-refractivity contribution in [3.63, 3.8) is 0 Å². The van der Waals surface area contributed by atoms with Crippen LogP contribution in [0.25, 0.3) is 10.8 Å². The molecule has 3 N–H and O–H groups in total. The Morgan fingerprint density at radius 2 is 1.40 bits per heavy atom. The summed E-state index contributed by atoms with van der Waals surface area (Å²) in [6.45, 7) is 0. The summed E-state index contributed by atoms with van der Waals surface area (Å²) in [4.78, 5) is 0.136. The van der Waals surface area contributed by atoms with E-state index in [1.807, 2.05) is 48.5 Å². The summed E-state index contributed by atoms with van der Waals surface area (Å²) in [5.74, 6) is 0. The fraction of sp³-hybridized carbons (Fsp3) is 0. The zero-order valence-electron chi connectivity index (χ0n) is 15.9. The van der Waals surface area contributed by atoms with Crippen LogP contribution in [0.1, 0.15) is 0 Å². The Bertz CT molecular complexity index is 1270. The maximum atomic E-state index is 12.6. The third-order valence-electron chi connectivity index (χ3n) is 4.52. The summed E-state index contributed by atoms with van der Waals surface area (Å²) in [5, 5.41) is 6.88. The molecule has 0 saturated carbocycles. The van der Waals surface area contributed by atoms with E-state index in [1.54, 1.807) is 36.4 Å². The number of hydrogen-bond acceptors (Lipinski definition) is 5. The SMILES string of the molecule is N=NN(Nc1ccc(S(=O)(=O)Nc2ccccc2)cc1)c1cccc2ccccc12. The van der Waals surface area contributed by atoms with Gasteiger partial charge in [0, 0.05) is 11.1 Å². The molecule has 0 fully saturated rings. The fourth-order valence-corrected chi connectivity index (χ4v) is 4.14.